The second-order valence-electron chi connectivity index (χ2n) is 8.12. The molecule has 0 saturated carbocycles. The summed E-state index contributed by atoms with van der Waals surface area (Å²) in [7, 11) is 2.19. The lowest BCUT2D eigenvalue weighted by molar-refractivity contribution is 0.104. The van der Waals surface area contributed by atoms with Crippen LogP contribution in [0.3, 0.4) is 0 Å². The number of carbonyl (C=O) groups is 1. The van der Waals surface area contributed by atoms with Crippen molar-refractivity contribution in [2.24, 2.45) is 0 Å². The predicted molar refractivity (Wildman–Crippen MR) is 147 cm³/mol. The molecule has 0 unspecified atom stereocenters. The van der Waals surface area contributed by atoms with E-state index in [1.165, 1.54) is 46.8 Å². The van der Waals surface area contributed by atoms with Crippen molar-refractivity contribution in [3.8, 4) is 23.0 Å². The van der Waals surface area contributed by atoms with Crippen LogP contribution in [0, 0.1) is 6.92 Å². The highest BCUT2D eigenvalue weighted by Gasteiger charge is 2.15. The molecule has 0 bridgehead atoms. The van der Waals surface area contributed by atoms with Gasteiger partial charge in [-0.15, -0.1) is 0 Å². The molecule has 38 heavy (non-hydrogen) atoms. The van der Waals surface area contributed by atoms with E-state index in [0.29, 0.717) is 34.1 Å². The van der Waals surface area contributed by atoms with E-state index in [0.717, 1.165) is 11.0 Å². The van der Waals surface area contributed by atoms with E-state index < -0.39 is 9.84 Å². The first-order valence-electron chi connectivity index (χ1n) is 11.5. The molecule has 0 amide bonds. The van der Waals surface area contributed by atoms with Crippen LogP contribution in [0.1, 0.15) is 27.2 Å². The molecule has 200 valence electrons. The SMILES string of the molecule is COc1cc(OC)c(C=CS(=O)(=O)Cc2ccc(OC)c(NC=CC(=O)c3ccc(C)cc3)n2)c(OC)c1. The van der Waals surface area contributed by atoms with E-state index in [9.17, 15) is 13.2 Å². The van der Waals surface area contributed by atoms with E-state index in [1.807, 2.05) is 19.1 Å². The smallest absolute Gasteiger partial charge is 0.187 e. The van der Waals surface area contributed by atoms with Crippen molar-refractivity contribution in [1.82, 2.24) is 4.98 Å². The van der Waals surface area contributed by atoms with Gasteiger partial charge in [-0.2, -0.15) is 0 Å². The number of benzene rings is 2. The molecular formula is C28H30N2O7S. The van der Waals surface area contributed by atoms with E-state index in [2.05, 4.69) is 10.3 Å². The number of methoxy groups -OCH3 is 4. The summed E-state index contributed by atoms with van der Waals surface area (Å²) in [6.07, 6.45) is 4.22. The summed E-state index contributed by atoms with van der Waals surface area (Å²) in [5, 5.41) is 3.99. The number of rotatable bonds is 12. The molecule has 9 nitrogen and oxygen atoms in total. The Morgan fingerprint density at radius 3 is 2.11 bits per heavy atom. The van der Waals surface area contributed by atoms with Crippen LogP contribution in [-0.2, 0) is 15.6 Å². The van der Waals surface area contributed by atoms with E-state index in [1.54, 1.807) is 36.4 Å². The van der Waals surface area contributed by atoms with Crippen LogP contribution in [0.15, 0.2) is 66.2 Å². The maximum Gasteiger partial charge on any atom is 0.187 e. The van der Waals surface area contributed by atoms with Gasteiger partial charge in [0.2, 0.25) is 0 Å². The van der Waals surface area contributed by atoms with Crippen molar-refractivity contribution in [2.45, 2.75) is 12.7 Å². The highest BCUT2D eigenvalue weighted by Crippen LogP contribution is 2.35. The number of anilines is 1. The van der Waals surface area contributed by atoms with Gasteiger partial charge in [-0.05, 0) is 25.1 Å². The molecule has 0 aliphatic carbocycles. The molecule has 3 aromatic rings. The number of ketones is 1. The van der Waals surface area contributed by atoms with Crippen LogP contribution in [0.4, 0.5) is 5.82 Å². The number of carbonyl (C=O) groups excluding carboxylic acids is 1. The van der Waals surface area contributed by atoms with Gasteiger partial charge in [-0.1, -0.05) is 29.8 Å². The van der Waals surface area contributed by atoms with Crippen molar-refractivity contribution in [3.05, 3.63) is 88.6 Å². The van der Waals surface area contributed by atoms with Gasteiger partial charge in [-0.3, -0.25) is 4.79 Å². The van der Waals surface area contributed by atoms with Crippen LogP contribution in [0.25, 0.3) is 6.08 Å². The monoisotopic (exact) mass is 538 g/mol. The lowest BCUT2D eigenvalue weighted by atomic mass is 10.1. The van der Waals surface area contributed by atoms with Crippen LogP contribution in [0.2, 0.25) is 0 Å². The molecule has 0 aliphatic heterocycles. The van der Waals surface area contributed by atoms with Crippen LogP contribution >= 0.6 is 0 Å². The molecule has 3 rings (SSSR count). The summed E-state index contributed by atoms with van der Waals surface area (Å²) in [5.41, 5.74) is 2.34. The molecule has 0 fully saturated rings. The topological polar surface area (TPSA) is 113 Å². The lowest BCUT2D eigenvalue weighted by Gasteiger charge is -2.12. The normalized spacial score (nSPS) is 11.5. The Hall–Kier alpha value is -4.31. The zero-order valence-electron chi connectivity index (χ0n) is 21.8. The first kappa shape index (κ1) is 28.3. The third kappa shape index (κ3) is 7.36. The highest BCUT2D eigenvalue weighted by atomic mass is 32.2. The predicted octanol–water partition coefficient (Wildman–Crippen LogP) is 4.82. The van der Waals surface area contributed by atoms with Gasteiger partial charge in [0.25, 0.3) is 0 Å². The summed E-state index contributed by atoms with van der Waals surface area (Å²) in [6.45, 7) is 1.94. The van der Waals surface area contributed by atoms with Crippen LogP contribution in [-0.4, -0.2) is 47.6 Å². The second kappa shape index (κ2) is 12.8. The Labute approximate surface area is 222 Å². The fourth-order valence-corrected chi connectivity index (χ4v) is 4.48. The van der Waals surface area contributed by atoms with E-state index in [4.69, 9.17) is 18.9 Å². The second-order valence-corrected chi connectivity index (χ2v) is 10.0. The van der Waals surface area contributed by atoms with E-state index >= 15 is 0 Å². The van der Waals surface area contributed by atoms with Gasteiger partial charge in [0.05, 0.1) is 45.4 Å². The van der Waals surface area contributed by atoms with Gasteiger partial charge in [0.15, 0.2) is 27.2 Å². The Morgan fingerprint density at radius 2 is 1.53 bits per heavy atom. The average Bonchev–Trinajstić information content (AvgIpc) is 2.91. The fourth-order valence-electron chi connectivity index (χ4n) is 3.47. The molecule has 2 aromatic carbocycles. The maximum absolute atomic E-state index is 12.9. The number of aromatic nitrogens is 1. The van der Waals surface area contributed by atoms with Crippen molar-refractivity contribution < 1.29 is 32.2 Å². The van der Waals surface area contributed by atoms with Crippen LogP contribution < -0.4 is 24.3 Å². The zero-order valence-corrected chi connectivity index (χ0v) is 22.7. The Bertz CT molecular complexity index is 1420. The summed E-state index contributed by atoms with van der Waals surface area (Å²) >= 11 is 0. The number of allylic oxidation sites excluding steroid dienone is 1. The molecular weight excluding hydrogens is 508 g/mol. The fraction of sp³-hybridized carbons (Fsp3) is 0.214. The summed E-state index contributed by atoms with van der Waals surface area (Å²) in [5.74, 6) is 1.41. The minimum atomic E-state index is -3.73. The van der Waals surface area contributed by atoms with Crippen molar-refractivity contribution in [1.29, 1.82) is 0 Å². The Kier molecular flexibility index (Phi) is 9.50. The van der Waals surface area contributed by atoms with Gasteiger partial charge < -0.3 is 24.3 Å². The third-order valence-electron chi connectivity index (χ3n) is 5.47. The number of nitrogens with one attached hydrogen (secondary N) is 1. The minimum absolute atomic E-state index is 0.190. The van der Waals surface area contributed by atoms with Gasteiger partial charge in [-0.25, -0.2) is 13.4 Å². The van der Waals surface area contributed by atoms with Crippen LogP contribution in [0.5, 0.6) is 23.0 Å². The molecule has 0 atom stereocenters. The molecule has 0 spiro atoms. The first-order chi connectivity index (χ1) is 18.2. The average molecular weight is 539 g/mol. The van der Waals surface area contributed by atoms with Gasteiger partial charge in [0, 0.05) is 35.4 Å². The number of hydrogen-bond donors (Lipinski definition) is 1. The highest BCUT2D eigenvalue weighted by molar-refractivity contribution is 7.93. The molecule has 1 aromatic heterocycles. The number of sulfone groups is 1. The largest absolute Gasteiger partial charge is 0.496 e. The Morgan fingerprint density at radius 1 is 0.895 bits per heavy atom. The molecule has 0 radical (unpaired) electrons. The number of nitrogens with zero attached hydrogens (tertiary/aromatic N) is 1. The quantitative estimate of drug-likeness (QED) is 0.256. The third-order valence-corrected chi connectivity index (χ3v) is 6.72. The number of pyridine rings is 1. The molecule has 0 aliphatic rings. The maximum atomic E-state index is 12.9. The zero-order chi connectivity index (χ0) is 27.7. The van der Waals surface area contributed by atoms with E-state index in [-0.39, 0.29) is 23.0 Å². The van der Waals surface area contributed by atoms with Crippen molar-refractivity contribution in [2.75, 3.05) is 33.8 Å². The van der Waals surface area contributed by atoms with Crippen molar-refractivity contribution >= 4 is 27.5 Å². The lowest BCUT2D eigenvalue weighted by Crippen LogP contribution is -2.05. The molecule has 10 heteroatoms. The first-order valence-corrected chi connectivity index (χ1v) is 13.2. The summed E-state index contributed by atoms with van der Waals surface area (Å²) < 4.78 is 47.1. The number of hydrogen-bond acceptors (Lipinski definition) is 9. The molecule has 1 N–H and O–H groups in total. The van der Waals surface area contributed by atoms with Gasteiger partial charge >= 0.3 is 0 Å². The number of aryl methyl sites for hydroxylation is 1. The molecule has 1 heterocycles. The summed E-state index contributed by atoms with van der Waals surface area (Å²) in [6, 6.07) is 13.6. The number of ether oxygens (including phenoxy) is 4. The molecule has 0 saturated heterocycles. The van der Waals surface area contributed by atoms with Crippen molar-refractivity contribution in [3.63, 3.8) is 0 Å². The van der Waals surface area contributed by atoms with Gasteiger partial charge in [0.1, 0.15) is 17.2 Å². The summed E-state index contributed by atoms with van der Waals surface area (Å²) in [4.78, 5) is 16.8. The minimum Gasteiger partial charge on any atom is -0.496 e. The Balaban J connectivity index is 1.78. The standard InChI is InChI=1S/C28H30N2O7S/c1-19-6-8-20(9-7-19)24(31)12-14-29-28-25(35-3)11-10-21(30-28)18-38(32,33)15-13-23-26(36-4)16-22(34-2)17-27(23)37-5/h6-17H,18H2,1-5H3,(H,29,30).